The number of para-hydroxylation sites is 4. The van der Waals surface area contributed by atoms with E-state index >= 15 is 0 Å². The molecule has 0 amide bonds. The molecule has 0 aliphatic carbocycles. The second-order valence-electron chi connectivity index (χ2n) is 22.2. The molecule has 8 heteroatoms. The first-order valence-electron chi connectivity index (χ1n) is 28.3. The van der Waals surface area contributed by atoms with Crippen LogP contribution in [0.4, 0.5) is 0 Å². The van der Waals surface area contributed by atoms with Crippen LogP contribution in [-0.4, -0.2) is 18.3 Å². The minimum absolute atomic E-state index is 0.382. The summed E-state index contributed by atoms with van der Waals surface area (Å²) in [4.78, 5) is 0. The van der Waals surface area contributed by atoms with Crippen LogP contribution in [0.25, 0.3) is 161 Å². The Kier molecular flexibility index (Phi) is 9.72. The standard InChI is InChI=1S/C76H44N6S2/c1-43-38-57-53-33-35-56-52-25-11-17-31-68(52)84-76(56)73(53)82(66(57)39-44(43)2)69-59(41-77)70(79-61-26-12-6-20-47(61)48-21-7-13-27-62(48)79)74(71(60(69)42-78)80-63-28-14-8-22-49(63)50-23-9-15-29-64(50)80)81-65-37-32-46(45-18-4-3-5-19-45)40-58(65)54-34-36-55-51-24-10-16-30-67(51)83-75(55)72(54)81/h3-40H,1-2H3. The third-order valence-electron chi connectivity index (χ3n) is 17.9. The third-order valence-corrected chi connectivity index (χ3v) is 20.3. The molecule has 0 saturated carbocycles. The quantitative estimate of drug-likeness (QED) is 0.172. The molecule has 0 N–H and O–H groups in total. The number of aryl methyl sites for hydroxylation is 2. The number of hydrogen-bond acceptors (Lipinski definition) is 4. The van der Waals surface area contributed by atoms with Gasteiger partial charge in [0.15, 0.2) is 0 Å². The maximum atomic E-state index is 13.0. The first-order chi connectivity index (χ1) is 41.5. The van der Waals surface area contributed by atoms with Crippen LogP contribution < -0.4 is 0 Å². The molecule has 0 aliphatic rings. The van der Waals surface area contributed by atoms with Gasteiger partial charge in [-0.15, -0.1) is 22.7 Å². The normalized spacial score (nSPS) is 12.1. The molecule has 18 aromatic rings. The van der Waals surface area contributed by atoms with Crippen molar-refractivity contribution in [1.82, 2.24) is 18.3 Å². The number of nitrogens with zero attached hydrogens (tertiary/aromatic N) is 6. The highest BCUT2D eigenvalue weighted by Crippen LogP contribution is 2.52. The first kappa shape index (κ1) is 47.0. The molecule has 0 saturated heterocycles. The van der Waals surface area contributed by atoms with Gasteiger partial charge in [0.1, 0.15) is 23.3 Å². The number of benzene rings is 12. The molecule has 0 bridgehead atoms. The lowest BCUT2D eigenvalue weighted by Gasteiger charge is -2.27. The van der Waals surface area contributed by atoms with E-state index in [0.29, 0.717) is 28.2 Å². The van der Waals surface area contributed by atoms with E-state index in [-0.39, 0.29) is 0 Å². The molecule has 6 aromatic heterocycles. The van der Waals surface area contributed by atoms with Gasteiger partial charge in [0, 0.05) is 74.0 Å². The molecule has 0 unspecified atom stereocenters. The van der Waals surface area contributed by atoms with Gasteiger partial charge in [0.25, 0.3) is 0 Å². The Morgan fingerprint density at radius 1 is 0.286 bits per heavy atom. The minimum atomic E-state index is 0.382. The number of aromatic nitrogens is 4. The average Bonchev–Trinajstić information content (AvgIpc) is 1.69. The molecule has 12 aromatic carbocycles. The summed E-state index contributed by atoms with van der Waals surface area (Å²) in [5.41, 5.74) is 15.5. The van der Waals surface area contributed by atoms with Crippen molar-refractivity contribution in [3.05, 3.63) is 253 Å². The molecular formula is C76H44N6S2. The van der Waals surface area contributed by atoms with Gasteiger partial charge in [0.2, 0.25) is 0 Å². The predicted octanol–water partition coefficient (Wildman–Crippen LogP) is 20.8. The summed E-state index contributed by atoms with van der Waals surface area (Å²) in [6.07, 6.45) is 0. The van der Waals surface area contributed by atoms with E-state index in [1.807, 2.05) is 0 Å². The molecule has 0 atom stereocenters. The van der Waals surface area contributed by atoms with Gasteiger partial charge in [-0.05, 0) is 96.8 Å². The van der Waals surface area contributed by atoms with Gasteiger partial charge in [-0.25, -0.2) is 0 Å². The van der Waals surface area contributed by atoms with E-state index in [1.165, 1.54) is 25.7 Å². The van der Waals surface area contributed by atoms with Crippen molar-refractivity contribution in [2.24, 2.45) is 0 Å². The molecule has 0 radical (unpaired) electrons. The van der Waals surface area contributed by atoms with Gasteiger partial charge in [-0.1, -0.05) is 170 Å². The van der Waals surface area contributed by atoms with Gasteiger partial charge in [-0.3, -0.25) is 0 Å². The zero-order chi connectivity index (χ0) is 55.6. The predicted molar refractivity (Wildman–Crippen MR) is 354 cm³/mol. The SMILES string of the molecule is Cc1cc2c3ccc4c5ccccc5sc4c3n(-c3c(C#N)c(-n4c5ccccc5c5ccccc54)c(-n4c5ccc(-c6ccccc6)cc5c5ccc6c7ccccc7sc6c54)c(-n4c5ccccc5c5ccccc54)c3C#N)c2cc1C. The van der Waals surface area contributed by atoms with Crippen molar-refractivity contribution in [1.29, 1.82) is 10.5 Å². The van der Waals surface area contributed by atoms with E-state index in [4.69, 9.17) is 0 Å². The van der Waals surface area contributed by atoms with Crippen LogP contribution in [-0.2, 0) is 0 Å². The number of rotatable bonds is 5. The Morgan fingerprint density at radius 2 is 0.679 bits per heavy atom. The molecule has 0 spiro atoms. The van der Waals surface area contributed by atoms with Crippen molar-refractivity contribution in [2.45, 2.75) is 13.8 Å². The van der Waals surface area contributed by atoms with Crippen LogP contribution in [0.3, 0.4) is 0 Å². The van der Waals surface area contributed by atoms with E-state index < -0.39 is 0 Å². The molecular weight excluding hydrogens is 1060 g/mol. The van der Waals surface area contributed by atoms with E-state index in [2.05, 4.69) is 275 Å². The van der Waals surface area contributed by atoms with Crippen molar-refractivity contribution in [3.63, 3.8) is 0 Å². The molecule has 0 aliphatic heterocycles. The van der Waals surface area contributed by atoms with Crippen molar-refractivity contribution < 1.29 is 0 Å². The fraction of sp³-hybridized carbons (Fsp3) is 0.0263. The van der Waals surface area contributed by atoms with Crippen LogP contribution in [0.5, 0.6) is 0 Å². The highest BCUT2D eigenvalue weighted by molar-refractivity contribution is 7.27. The Labute approximate surface area is 488 Å². The van der Waals surface area contributed by atoms with Crippen molar-refractivity contribution in [2.75, 3.05) is 0 Å². The van der Waals surface area contributed by atoms with E-state index in [9.17, 15) is 10.5 Å². The van der Waals surface area contributed by atoms with Crippen LogP contribution in [0.1, 0.15) is 22.3 Å². The Bertz CT molecular complexity index is 5780. The van der Waals surface area contributed by atoms with Gasteiger partial charge >= 0.3 is 0 Å². The zero-order valence-electron chi connectivity index (χ0n) is 45.4. The average molecular weight is 1110 g/mol. The second kappa shape index (κ2) is 17.4. The summed E-state index contributed by atoms with van der Waals surface area (Å²) in [6.45, 7) is 4.34. The molecule has 18 rings (SSSR count). The van der Waals surface area contributed by atoms with Crippen molar-refractivity contribution >= 4 is 150 Å². The van der Waals surface area contributed by atoms with Gasteiger partial charge in [-0.2, -0.15) is 10.5 Å². The minimum Gasteiger partial charge on any atom is -0.306 e. The summed E-state index contributed by atoms with van der Waals surface area (Å²) in [5, 5.41) is 39.1. The lowest BCUT2D eigenvalue weighted by Crippen LogP contribution is -2.17. The summed E-state index contributed by atoms with van der Waals surface area (Å²) >= 11 is 3.56. The lowest BCUT2D eigenvalue weighted by atomic mass is 9.98. The maximum absolute atomic E-state index is 13.0. The highest BCUT2D eigenvalue weighted by Gasteiger charge is 2.36. The largest absolute Gasteiger partial charge is 0.306 e. The highest BCUT2D eigenvalue weighted by atomic mass is 32.1. The zero-order valence-corrected chi connectivity index (χ0v) is 47.1. The van der Waals surface area contributed by atoms with Gasteiger partial charge < -0.3 is 18.3 Å². The summed E-state index contributed by atoms with van der Waals surface area (Å²) in [7, 11) is 0. The molecule has 6 heterocycles. The Morgan fingerprint density at radius 3 is 1.17 bits per heavy atom. The lowest BCUT2D eigenvalue weighted by molar-refractivity contribution is 1.02. The fourth-order valence-corrected chi connectivity index (χ4v) is 16.7. The Hall–Kier alpha value is -10.7. The maximum Gasteiger partial charge on any atom is 0.104 e. The number of hydrogen-bond donors (Lipinski definition) is 0. The van der Waals surface area contributed by atoms with Crippen molar-refractivity contribution in [3.8, 4) is 46.0 Å². The van der Waals surface area contributed by atoms with Crippen LogP contribution in [0.15, 0.2) is 231 Å². The fourth-order valence-electron chi connectivity index (χ4n) is 14.2. The molecule has 390 valence electrons. The first-order valence-corrected chi connectivity index (χ1v) is 29.9. The van der Waals surface area contributed by atoms with E-state index in [0.717, 1.165) is 130 Å². The molecule has 0 fully saturated rings. The summed E-state index contributed by atoms with van der Waals surface area (Å²) < 4.78 is 14.0. The van der Waals surface area contributed by atoms with Crippen LogP contribution in [0, 0.1) is 36.5 Å². The number of fused-ring (bicyclic) bond motifs is 20. The van der Waals surface area contributed by atoms with Gasteiger partial charge in [0.05, 0.1) is 76.3 Å². The smallest absolute Gasteiger partial charge is 0.104 e. The summed E-state index contributed by atoms with van der Waals surface area (Å²) in [5.74, 6) is 0. The monoisotopic (exact) mass is 1100 g/mol. The number of nitriles is 2. The second-order valence-corrected chi connectivity index (χ2v) is 24.3. The van der Waals surface area contributed by atoms with Crippen LogP contribution in [0.2, 0.25) is 0 Å². The topological polar surface area (TPSA) is 67.3 Å². The summed E-state index contributed by atoms with van der Waals surface area (Å²) in [6, 6.07) is 88.8. The molecule has 6 nitrogen and oxygen atoms in total. The van der Waals surface area contributed by atoms with Crippen LogP contribution >= 0.6 is 22.7 Å². The Balaban J connectivity index is 1.17. The third kappa shape index (κ3) is 6.20. The van der Waals surface area contributed by atoms with E-state index in [1.54, 1.807) is 22.7 Å². The number of thiophene rings is 2. The molecule has 84 heavy (non-hydrogen) atoms.